The Kier molecular flexibility index (Phi) is 4.21. The maximum absolute atomic E-state index is 5.27. The van der Waals surface area contributed by atoms with Gasteiger partial charge in [0.15, 0.2) is 0 Å². The number of halogens is 1. The highest BCUT2D eigenvalue weighted by Gasteiger charge is 2.21. The van der Waals surface area contributed by atoms with Crippen LogP contribution in [0.2, 0.25) is 0 Å². The molecule has 1 aromatic carbocycles. The molecule has 0 bridgehead atoms. The summed E-state index contributed by atoms with van der Waals surface area (Å²) in [6, 6.07) is 8.90. The van der Waals surface area contributed by atoms with Gasteiger partial charge in [-0.3, -0.25) is 0 Å². The lowest BCUT2D eigenvalue weighted by Gasteiger charge is -2.37. The van der Waals surface area contributed by atoms with E-state index in [2.05, 4.69) is 50.4 Å². The van der Waals surface area contributed by atoms with E-state index in [1.165, 1.54) is 5.69 Å². The molecule has 0 spiro atoms. The summed E-state index contributed by atoms with van der Waals surface area (Å²) in [5, 5.41) is 3.40. The molecule has 1 saturated heterocycles. The van der Waals surface area contributed by atoms with Gasteiger partial charge in [-0.05, 0) is 24.3 Å². The number of nitrogens with zero attached hydrogens (tertiary/aromatic N) is 1. The second-order valence-corrected chi connectivity index (χ2v) is 4.90. The predicted molar refractivity (Wildman–Crippen MR) is 70.0 cm³/mol. The van der Waals surface area contributed by atoms with Crippen molar-refractivity contribution in [3.05, 3.63) is 28.7 Å². The molecule has 0 aromatic heterocycles. The molecule has 88 valence electrons. The molecule has 1 aliphatic rings. The Morgan fingerprint density at radius 3 is 2.88 bits per heavy atom. The smallest absolute Gasteiger partial charge is 0.0678 e. The van der Waals surface area contributed by atoms with E-state index < -0.39 is 0 Å². The summed E-state index contributed by atoms with van der Waals surface area (Å²) in [4.78, 5) is 2.41. The van der Waals surface area contributed by atoms with E-state index in [9.17, 15) is 0 Å². The van der Waals surface area contributed by atoms with E-state index in [0.29, 0.717) is 6.04 Å². The highest BCUT2D eigenvalue weighted by molar-refractivity contribution is 9.10. The largest absolute Gasteiger partial charge is 0.383 e. The van der Waals surface area contributed by atoms with Crippen LogP contribution in [0, 0.1) is 0 Å². The number of methoxy groups -OCH3 is 1. The summed E-state index contributed by atoms with van der Waals surface area (Å²) in [5.74, 6) is 0. The van der Waals surface area contributed by atoms with Crippen molar-refractivity contribution in [2.24, 2.45) is 0 Å². The Hall–Kier alpha value is -0.580. The molecule has 1 aliphatic heterocycles. The number of piperazine rings is 1. The Morgan fingerprint density at radius 2 is 2.19 bits per heavy atom. The Labute approximate surface area is 105 Å². The standard InChI is InChI=1S/C12H17BrN2O/c1-16-9-12-8-14-6-7-15(12)11-4-2-10(13)3-5-11/h2-5,12,14H,6-9H2,1H3. The van der Waals surface area contributed by atoms with Crippen molar-refractivity contribution in [1.82, 2.24) is 5.32 Å². The highest BCUT2D eigenvalue weighted by Crippen LogP contribution is 2.21. The molecule has 1 atom stereocenters. The van der Waals surface area contributed by atoms with Crippen LogP contribution in [0.3, 0.4) is 0 Å². The molecule has 0 aliphatic carbocycles. The topological polar surface area (TPSA) is 24.5 Å². The minimum Gasteiger partial charge on any atom is -0.383 e. The van der Waals surface area contributed by atoms with Crippen LogP contribution in [0.5, 0.6) is 0 Å². The molecule has 4 heteroatoms. The van der Waals surface area contributed by atoms with Crippen molar-refractivity contribution in [3.63, 3.8) is 0 Å². The van der Waals surface area contributed by atoms with Gasteiger partial charge in [-0.25, -0.2) is 0 Å². The molecule has 2 rings (SSSR count). The molecule has 0 amide bonds. The normalized spacial score (nSPS) is 21.1. The van der Waals surface area contributed by atoms with Crippen LogP contribution in [-0.2, 0) is 4.74 Å². The van der Waals surface area contributed by atoms with E-state index >= 15 is 0 Å². The lowest BCUT2D eigenvalue weighted by molar-refractivity contribution is 0.170. The van der Waals surface area contributed by atoms with Crippen molar-refractivity contribution in [3.8, 4) is 0 Å². The number of hydrogen-bond acceptors (Lipinski definition) is 3. The first-order chi connectivity index (χ1) is 7.81. The van der Waals surface area contributed by atoms with Crippen molar-refractivity contribution < 1.29 is 4.74 Å². The summed E-state index contributed by atoms with van der Waals surface area (Å²) in [5.41, 5.74) is 1.27. The van der Waals surface area contributed by atoms with Gasteiger partial charge in [0.1, 0.15) is 0 Å². The van der Waals surface area contributed by atoms with Gasteiger partial charge in [-0.2, -0.15) is 0 Å². The zero-order valence-corrected chi connectivity index (χ0v) is 11.0. The first-order valence-electron chi connectivity index (χ1n) is 5.53. The monoisotopic (exact) mass is 284 g/mol. The molecule has 3 nitrogen and oxygen atoms in total. The fourth-order valence-corrected chi connectivity index (χ4v) is 2.34. The van der Waals surface area contributed by atoms with E-state index in [-0.39, 0.29) is 0 Å². The number of nitrogens with one attached hydrogen (secondary N) is 1. The van der Waals surface area contributed by atoms with E-state index in [1.54, 1.807) is 7.11 Å². The number of rotatable bonds is 3. The second-order valence-electron chi connectivity index (χ2n) is 3.98. The average Bonchev–Trinajstić information content (AvgIpc) is 2.32. The van der Waals surface area contributed by atoms with Crippen LogP contribution in [0.15, 0.2) is 28.7 Å². The van der Waals surface area contributed by atoms with Crippen molar-refractivity contribution in [1.29, 1.82) is 0 Å². The van der Waals surface area contributed by atoms with Crippen LogP contribution < -0.4 is 10.2 Å². The number of anilines is 1. The minimum atomic E-state index is 0.430. The number of benzene rings is 1. The lowest BCUT2D eigenvalue weighted by Crippen LogP contribution is -2.53. The van der Waals surface area contributed by atoms with E-state index in [4.69, 9.17) is 4.74 Å². The van der Waals surface area contributed by atoms with Gasteiger partial charge in [0.05, 0.1) is 12.6 Å². The van der Waals surface area contributed by atoms with Gasteiger partial charge < -0.3 is 15.0 Å². The third-order valence-corrected chi connectivity index (χ3v) is 3.40. The first-order valence-corrected chi connectivity index (χ1v) is 6.32. The van der Waals surface area contributed by atoms with E-state index in [0.717, 1.165) is 30.7 Å². The Morgan fingerprint density at radius 1 is 1.44 bits per heavy atom. The van der Waals surface area contributed by atoms with Gasteiger partial charge in [0, 0.05) is 36.9 Å². The van der Waals surface area contributed by atoms with Crippen LogP contribution in [-0.4, -0.2) is 39.4 Å². The first kappa shape index (κ1) is 11.9. The minimum absolute atomic E-state index is 0.430. The van der Waals surface area contributed by atoms with Crippen LogP contribution in [0.1, 0.15) is 0 Å². The van der Waals surface area contributed by atoms with E-state index in [1.807, 2.05) is 0 Å². The lowest BCUT2D eigenvalue weighted by atomic mass is 10.1. The summed E-state index contributed by atoms with van der Waals surface area (Å²) in [6.07, 6.45) is 0. The third-order valence-electron chi connectivity index (χ3n) is 2.87. The molecule has 1 heterocycles. The number of hydrogen-bond donors (Lipinski definition) is 1. The Bertz CT molecular complexity index is 326. The zero-order chi connectivity index (χ0) is 11.4. The van der Waals surface area contributed by atoms with Crippen molar-refractivity contribution in [2.45, 2.75) is 6.04 Å². The molecule has 1 fully saturated rings. The van der Waals surface area contributed by atoms with Gasteiger partial charge >= 0.3 is 0 Å². The average molecular weight is 285 g/mol. The highest BCUT2D eigenvalue weighted by atomic mass is 79.9. The van der Waals surface area contributed by atoms with Gasteiger partial charge in [0.2, 0.25) is 0 Å². The Balaban J connectivity index is 2.13. The molecule has 1 unspecified atom stereocenters. The maximum Gasteiger partial charge on any atom is 0.0678 e. The fourth-order valence-electron chi connectivity index (χ4n) is 2.07. The quantitative estimate of drug-likeness (QED) is 0.917. The molecule has 1 N–H and O–H groups in total. The summed E-state index contributed by atoms with van der Waals surface area (Å²) >= 11 is 3.46. The molecule has 0 radical (unpaired) electrons. The summed E-state index contributed by atoms with van der Waals surface area (Å²) in [6.45, 7) is 3.83. The van der Waals surface area contributed by atoms with Crippen molar-refractivity contribution in [2.75, 3.05) is 38.3 Å². The summed E-state index contributed by atoms with van der Waals surface area (Å²) < 4.78 is 6.39. The maximum atomic E-state index is 5.27. The molecule has 16 heavy (non-hydrogen) atoms. The van der Waals surface area contributed by atoms with Crippen LogP contribution in [0.4, 0.5) is 5.69 Å². The van der Waals surface area contributed by atoms with Crippen LogP contribution >= 0.6 is 15.9 Å². The summed E-state index contributed by atoms with van der Waals surface area (Å²) in [7, 11) is 1.76. The van der Waals surface area contributed by atoms with Gasteiger partial charge in [-0.15, -0.1) is 0 Å². The second kappa shape index (κ2) is 5.66. The SMILES string of the molecule is COCC1CNCCN1c1ccc(Br)cc1. The van der Waals surface area contributed by atoms with Gasteiger partial charge in [-0.1, -0.05) is 15.9 Å². The predicted octanol–water partition coefficient (Wildman–Crippen LogP) is 1.87. The molecule has 0 saturated carbocycles. The molecular weight excluding hydrogens is 268 g/mol. The van der Waals surface area contributed by atoms with Gasteiger partial charge in [0.25, 0.3) is 0 Å². The van der Waals surface area contributed by atoms with Crippen LogP contribution in [0.25, 0.3) is 0 Å². The molecule has 1 aromatic rings. The number of ether oxygens (including phenoxy) is 1. The third kappa shape index (κ3) is 2.75. The van der Waals surface area contributed by atoms with Crippen molar-refractivity contribution >= 4 is 21.6 Å². The molecular formula is C12H17BrN2O. The zero-order valence-electron chi connectivity index (χ0n) is 9.45. The fraction of sp³-hybridized carbons (Fsp3) is 0.500.